The van der Waals surface area contributed by atoms with E-state index in [1.807, 2.05) is 0 Å². The molecule has 0 unspecified atom stereocenters. The SMILES string of the molecule is CC(=O)Nc1ccc(/C(C)=N\NS(=O)(=O)c2cc(Cl)ccc2Cl)cc1. The van der Waals surface area contributed by atoms with E-state index in [0.29, 0.717) is 17.0 Å². The number of anilines is 1. The van der Waals surface area contributed by atoms with Gasteiger partial charge in [-0.05, 0) is 42.8 Å². The molecule has 25 heavy (non-hydrogen) atoms. The summed E-state index contributed by atoms with van der Waals surface area (Å²) in [5.74, 6) is -0.177. The molecule has 9 heteroatoms. The summed E-state index contributed by atoms with van der Waals surface area (Å²) in [5.41, 5.74) is 1.76. The first-order valence-corrected chi connectivity index (χ1v) is 9.32. The monoisotopic (exact) mass is 399 g/mol. The van der Waals surface area contributed by atoms with Crippen LogP contribution in [0.25, 0.3) is 0 Å². The molecule has 132 valence electrons. The molecule has 2 aromatic carbocycles. The van der Waals surface area contributed by atoms with Crippen LogP contribution in [0.5, 0.6) is 0 Å². The lowest BCUT2D eigenvalue weighted by Gasteiger charge is -2.08. The summed E-state index contributed by atoms with van der Waals surface area (Å²) in [6.07, 6.45) is 0. The molecule has 0 saturated carbocycles. The van der Waals surface area contributed by atoms with E-state index in [4.69, 9.17) is 23.2 Å². The van der Waals surface area contributed by atoms with Crippen molar-refractivity contribution in [1.82, 2.24) is 4.83 Å². The van der Waals surface area contributed by atoms with Gasteiger partial charge in [0.05, 0.1) is 10.7 Å². The highest BCUT2D eigenvalue weighted by Gasteiger charge is 2.18. The van der Waals surface area contributed by atoms with Crippen LogP contribution >= 0.6 is 23.2 Å². The van der Waals surface area contributed by atoms with E-state index in [9.17, 15) is 13.2 Å². The van der Waals surface area contributed by atoms with Crippen LogP contribution in [0.2, 0.25) is 10.0 Å². The number of nitrogens with zero attached hydrogens (tertiary/aromatic N) is 1. The summed E-state index contributed by atoms with van der Waals surface area (Å²) in [7, 11) is -3.95. The van der Waals surface area contributed by atoms with Gasteiger partial charge in [0, 0.05) is 17.6 Å². The number of carbonyl (C=O) groups excluding carboxylic acids is 1. The first kappa shape index (κ1) is 19.2. The minimum Gasteiger partial charge on any atom is -0.326 e. The van der Waals surface area contributed by atoms with Gasteiger partial charge < -0.3 is 5.32 Å². The molecule has 0 heterocycles. The lowest BCUT2D eigenvalue weighted by atomic mass is 10.1. The van der Waals surface area contributed by atoms with Crippen molar-refractivity contribution < 1.29 is 13.2 Å². The molecule has 0 aliphatic rings. The Hall–Kier alpha value is -2.09. The fourth-order valence-corrected chi connectivity index (χ4v) is 3.54. The van der Waals surface area contributed by atoms with Gasteiger partial charge in [0.2, 0.25) is 5.91 Å². The van der Waals surface area contributed by atoms with Crippen LogP contribution in [0.4, 0.5) is 5.69 Å². The molecular formula is C16H15Cl2N3O3S. The Kier molecular flexibility index (Phi) is 6.05. The van der Waals surface area contributed by atoms with Gasteiger partial charge in [-0.15, -0.1) is 0 Å². The van der Waals surface area contributed by atoms with Crippen molar-refractivity contribution in [1.29, 1.82) is 0 Å². The van der Waals surface area contributed by atoms with Crippen molar-refractivity contribution in [2.75, 3.05) is 5.32 Å². The highest BCUT2D eigenvalue weighted by Crippen LogP contribution is 2.24. The second-order valence-electron chi connectivity index (χ2n) is 5.13. The first-order chi connectivity index (χ1) is 11.7. The predicted octanol–water partition coefficient (Wildman–Crippen LogP) is 3.65. The minimum atomic E-state index is -3.95. The molecule has 0 bridgehead atoms. The average Bonchev–Trinajstić information content (AvgIpc) is 2.55. The molecule has 0 fully saturated rings. The Bertz CT molecular complexity index is 926. The number of hydrazone groups is 1. The normalized spacial score (nSPS) is 11.9. The number of hydrogen-bond donors (Lipinski definition) is 2. The second-order valence-corrected chi connectivity index (χ2v) is 7.60. The molecule has 2 rings (SSSR count). The van der Waals surface area contributed by atoms with Gasteiger partial charge in [-0.3, -0.25) is 4.79 Å². The zero-order valence-electron chi connectivity index (χ0n) is 13.4. The highest BCUT2D eigenvalue weighted by atomic mass is 35.5. The maximum absolute atomic E-state index is 12.3. The first-order valence-electron chi connectivity index (χ1n) is 7.08. The highest BCUT2D eigenvalue weighted by molar-refractivity contribution is 7.89. The number of halogens is 2. The van der Waals surface area contributed by atoms with Gasteiger partial charge in [0.15, 0.2) is 0 Å². The van der Waals surface area contributed by atoms with Crippen molar-refractivity contribution in [3.63, 3.8) is 0 Å². The summed E-state index contributed by atoms with van der Waals surface area (Å²) in [5, 5.41) is 6.83. The Balaban J connectivity index is 2.19. The lowest BCUT2D eigenvalue weighted by Crippen LogP contribution is -2.20. The summed E-state index contributed by atoms with van der Waals surface area (Å²) >= 11 is 11.7. The third-order valence-corrected chi connectivity index (χ3v) is 5.06. The van der Waals surface area contributed by atoms with E-state index in [1.165, 1.54) is 25.1 Å². The van der Waals surface area contributed by atoms with Crippen molar-refractivity contribution in [2.45, 2.75) is 18.7 Å². The number of benzene rings is 2. The van der Waals surface area contributed by atoms with Crippen LogP contribution in [0, 0.1) is 0 Å². The molecule has 0 spiro atoms. The zero-order chi connectivity index (χ0) is 18.6. The molecule has 0 aliphatic carbocycles. The van der Waals surface area contributed by atoms with E-state index in [1.54, 1.807) is 31.2 Å². The minimum absolute atomic E-state index is 0.0458. The van der Waals surface area contributed by atoms with Crippen LogP contribution < -0.4 is 10.1 Å². The summed E-state index contributed by atoms with van der Waals surface area (Å²) in [4.78, 5) is 13.0. The van der Waals surface area contributed by atoms with E-state index in [2.05, 4.69) is 15.2 Å². The number of nitrogens with one attached hydrogen (secondary N) is 2. The fraction of sp³-hybridized carbons (Fsp3) is 0.125. The number of sulfonamides is 1. The van der Waals surface area contributed by atoms with Gasteiger partial charge in [0.25, 0.3) is 10.0 Å². The maximum atomic E-state index is 12.3. The topological polar surface area (TPSA) is 87.6 Å². The number of rotatable bonds is 5. The Morgan fingerprint density at radius 2 is 1.68 bits per heavy atom. The van der Waals surface area contributed by atoms with Gasteiger partial charge in [-0.2, -0.15) is 18.4 Å². The number of carbonyl (C=O) groups is 1. The molecule has 2 N–H and O–H groups in total. The number of hydrogen-bond acceptors (Lipinski definition) is 4. The molecule has 0 atom stereocenters. The van der Waals surface area contributed by atoms with Crippen LogP contribution in [0.3, 0.4) is 0 Å². The fourth-order valence-electron chi connectivity index (χ4n) is 1.92. The molecule has 0 aromatic heterocycles. The van der Waals surface area contributed by atoms with Crippen molar-refractivity contribution in [2.24, 2.45) is 5.10 Å². The van der Waals surface area contributed by atoms with Crippen LogP contribution in [0.15, 0.2) is 52.5 Å². The third kappa shape index (κ3) is 5.19. The molecule has 2 aromatic rings. The standard InChI is InChI=1S/C16H15Cl2N3O3S/c1-10(12-3-6-14(7-4-12)19-11(2)22)20-21-25(23,24)16-9-13(17)5-8-15(16)18/h3-9,21H,1-2H3,(H,19,22)/b20-10-. The third-order valence-electron chi connectivity index (χ3n) is 3.14. The van der Waals surface area contributed by atoms with E-state index >= 15 is 0 Å². The molecule has 6 nitrogen and oxygen atoms in total. The smallest absolute Gasteiger partial charge is 0.278 e. The molecule has 0 radical (unpaired) electrons. The largest absolute Gasteiger partial charge is 0.326 e. The second kappa shape index (κ2) is 7.86. The quantitative estimate of drug-likeness (QED) is 0.593. The van der Waals surface area contributed by atoms with Gasteiger partial charge >= 0.3 is 0 Å². The maximum Gasteiger partial charge on any atom is 0.278 e. The average molecular weight is 400 g/mol. The molecule has 1 amide bonds. The summed E-state index contributed by atoms with van der Waals surface area (Å²) in [6.45, 7) is 3.06. The molecule has 0 saturated heterocycles. The van der Waals surface area contributed by atoms with Crippen molar-refractivity contribution in [3.8, 4) is 0 Å². The van der Waals surface area contributed by atoms with E-state index in [-0.39, 0.29) is 20.8 Å². The van der Waals surface area contributed by atoms with Crippen molar-refractivity contribution >= 4 is 50.5 Å². The Morgan fingerprint density at radius 3 is 2.28 bits per heavy atom. The Labute approximate surface area is 155 Å². The van der Waals surface area contributed by atoms with Crippen LogP contribution in [0.1, 0.15) is 19.4 Å². The predicted molar refractivity (Wildman–Crippen MR) is 99.7 cm³/mol. The number of amides is 1. The Morgan fingerprint density at radius 1 is 1.04 bits per heavy atom. The summed E-state index contributed by atoms with van der Waals surface area (Å²) < 4.78 is 24.6. The summed E-state index contributed by atoms with van der Waals surface area (Å²) in [6, 6.07) is 11.0. The molecule has 0 aliphatic heterocycles. The lowest BCUT2D eigenvalue weighted by molar-refractivity contribution is -0.114. The van der Waals surface area contributed by atoms with E-state index in [0.717, 1.165) is 0 Å². The van der Waals surface area contributed by atoms with Gasteiger partial charge in [0.1, 0.15) is 4.90 Å². The van der Waals surface area contributed by atoms with Crippen LogP contribution in [-0.2, 0) is 14.8 Å². The molecular weight excluding hydrogens is 385 g/mol. The van der Waals surface area contributed by atoms with Gasteiger partial charge in [-0.25, -0.2) is 0 Å². The zero-order valence-corrected chi connectivity index (χ0v) is 15.7. The van der Waals surface area contributed by atoms with Crippen molar-refractivity contribution in [3.05, 3.63) is 58.1 Å². The van der Waals surface area contributed by atoms with E-state index < -0.39 is 10.0 Å². The van der Waals surface area contributed by atoms with Gasteiger partial charge in [-0.1, -0.05) is 35.3 Å². The van der Waals surface area contributed by atoms with Crippen LogP contribution in [-0.4, -0.2) is 20.0 Å².